The van der Waals surface area contributed by atoms with Crippen molar-refractivity contribution in [1.29, 1.82) is 0 Å². The Morgan fingerprint density at radius 3 is 2.77 bits per heavy atom. The molecule has 9 nitrogen and oxygen atoms in total. The number of benzene rings is 2. The maximum absolute atomic E-state index is 12.3. The summed E-state index contributed by atoms with van der Waals surface area (Å²) in [6, 6.07) is 11.9. The van der Waals surface area contributed by atoms with Crippen LogP contribution in [0.4, 0.5) is 0 Å². The van der Waals surface area contributed by atoms with Crippen molar-refractivity contribution < 1.29 is 24.2 Å². The number of piperidine rings is 1. The smallest absolute Gasteiger partial charge is 0.258 e. The summed E-state index contributed by atoms with van der Waals surface area (Å²) < 4.78 is 7.37. The molecule has 160 valence electrons. The highest BCUT2D eigenvalue weighted by atomic mass is 16.5. The van der Waals surface area contributed by atoms with Gasteiger partial charge in [0.15, 0.2) is 6.61 Å². The number of aromatic nitrogens is 2. The van der Waals surface area contributed by atoms with E-state index in [-0.39, 0.29) is 36.5 Å². The van der Waals surface area contributed by atoms with Crippen molar-refractivity contribution in [1.82, 2.24) is 20.4 Å². The van der Waals surface area contributed by atoms with E-state index in [4.69, 9.17) is 4.74 Å². The van der Waals surface area contributed by atoms with Crippen molar-refractivity contribution in [2.24, 2.45) is 7.05 Å². The summed E-state index contributed by atoms with van der Waals surface area (Å²) in [4.78, 5) is 36.0. The van der Waals surface area contributed by atoms with Gasteiger partial charge in [0.25, 0.3) is 5.91 Å². The van der Waals surface area contributed by atoms with Crippen molar-refractivity contribution in [3.8, 4) is 11.5 Å². The molecule has 1 aromatic heterocycles. The maximum atomic E-state index is 12.3. The van der Waals surface area contributed by atoms with Crippen LogP contribution in [0.5, 0.6) is 11.5 Å². The number of ether oxygens (including phenoxy) is 1. The van der Waals surface area contributed by atoms with E-state index in [1.165, 1.54) is 0 Å². The van der Waals surface area contributed by atoms with Crippen LogP contribution < -0.4 is 15.4 Å². The van der Waals surface area contributed by atoms with E-state index in [0.717, 1.165) is 10.9 Å². The summed E-state index contributed by atoms with van der Waals surface area (Å²) in [7, 11) is 1.75. The predicted molar refractivity (Wildman–Crippen MR) is 111 cm³/mol. The minimum absolute atomic E-state index is 0.166. The molecule has 0 radical (unpaired) electrons. The average molecular weight is 422 g/mol. The molecular weight excluding hydrogens is 400 g/mol. The number of fused-ring (bicyclic) bond motifs is 1. The number of rotatable bonds is 6. The number of nitrogens with zero attached hydrogens (tertiary/aromatic N) is 2. The number of aryl methyl sites for hydroxylation is 1. The first-order valence-electron chi connectivity index (χ1n) is 9.89. The van der Waals surface area contributed by atoms with Crippen LogP contribution in [0.1, 0.15) is 30.0 Å². The van der Waals surface area contributed by atoms with Crippen LogP contribution in [0, 0.1) is 0 Å². The Kier molecular flexibility index (Phi) is 5.57. The Hall–Kier alpha value is -3.88. The molecule has 31 heavy (non-hydrogen) atoms. The molecule has 9 heteroatoms. The minimum Gasteiger partial charge on any atom is -0.508 e. The fourth-order valence-electron chi connectivity index (χ4n) is 3.67. The second-order valence-electron chi connectivity index (χ2n) is 7.40. The Labute approximate surface area is 178 Å². The van der Waals surface area contributed by atoms with Gasteiger partial charge in [0.05, 0.1) is 11.6 Å². The third-order valence-electron chi connectivity index (χ3n) is 5.21. The number of para-hydroxylation sites is 1. The monoisotopic (exact) mass is 422 g/mol. The quantitative estimate of drug-likeness (QED) is 0.518. The van der Waals surface area contributed by atoms with Gasteiger partial charge in [0, 0.05) is 25.4 Å². The highest BCUT2D eigenvalue weighted by Crippen LogP contribution is 2.34. The number of aromatic hydroxyl groups is 1. The lowest BCUT2D eigenvalue weighted by molar-refractivity contribution is -0.134. The molecule has 1 fully saturated rings. The Morgan fingerprint density at radius 2 is 2.03 bits per heavy atom. The second-order valence-corrected chi connectivity index (χ2v) is 7.40. The fraction of sp³-hybridized carbons (Fsp3) is 0.273. The predicted octanol–water partition coefficient (Wildman–Crippen LogP) is 1.49. The average Bonchev–Trinajstić information content (AvgIpc) is 3.09. The summed E-state index contributed by atoms with van der Waals surface area (Å²) in [6.07, 6.45) is 0.674. The molecular formula is C22H22N4O5. The molecule has 1 aliphatic rings. The van der Waals surface area contributed by atoms with Gasteiger partial charge in [-0.3, -0.25) is 24.4 Å². The summed E-state index contributed by atoms with van der Waals surface area (Å²) in [5, 5.41) is 19.7. The molecule has 3 aromatic rings. The maximum Gasteiger partial charge on any atom is 0.258 e. The second kappa shape index (κ2) is 8.47. The van der Waals surface area contributed by atoms with E-state index < -0.39 is 5.92 Å². The van der Waals surface area contributed by atoms with E-state index in [1.54, 1.807) is 48.1 Å². The molecule has 3 N–H and O–H groups in total. The zero-order chi connectivity index (χ0) is 22.0. The van der Waals surface area contributed by atoms with E-state index >= 15 is 0 Å². The van der Waals surface area contributed by atoms with Crippen LogP contribution in [0.25, 0.3) is 10.9 Å². The number of carbonyl (C=O) groups excluding carboxylic acids is 3. The molecule has 0 bridgehead atoms. The normalized spacial score (nSPS) is 16.2. The van der Waals surface area contributed by atoms with Crippen LogP contribution in [-0.2, 0) is 28.0 Å². The number of hydrogen-bond donors (Lipinski definition) is 3. The van der Waals surface area contributed by atoms with Gasteiger partial charge >= 0.3 is 0 Å². The summed E-state index contributed by atoms with van der Waals surface area (Å²) >= 11 is 0. The molecule has 4 rings (SSSR count). The zero-order valence-corrected chi connectivity index (χ0v) is 16.9. The third kappa shape index (κ3) is 4.35. The van der Waals surface area contributed by atoms with E-state index in [0.29, 0.717) is 29.9 Å². The number of amides is 3. The molecule has 0 spiro atoms. The summed E-state index contributed by atoms with van der Waals surface area (Å²) in [6.45, 7) is 0.133. The van der Waals surface area contributed by atoms with E-state index in [9.17, 15) is 19.5 Å². The van der Waals surface area contributed by atoms with Crippen molar-refractivity contribution in [2.45, 2.75) is 25.3 Å². The number of imide groups is 1. The first kappa shape index (κ1) is 20.4. The van der Waals surface area contributed by atoms with Crippen LogP contribution >= 0.6 is 0 Å². The molecule has 1 unspecified atom stereocenters. The largest absolute Gasteiger partial charge is 0.508 e. The Morgan fingerprint density at radius 1 is 1.26 bits per heavy atom. The topological polar surface area (TPSA) is 123 Å². The standard InChI is InChI=1S/C22H22N4O5/c1-26-21-15(20(25-26)16-9-10-18(28)24-22(16)30)3-2-4-17(21)31-12-19(29)23-11-13-5-7-14(27)8-6-13/h2-8,16,27H,9-12H2,1H3,(H,23,29)(H,24,28,30). The van der Waals surface area contributed by atoms with Crippen molar-refractivity contribution in [3.05, 3.63) is 53.7 Å². The summed E-state index contributed by atoms with van der Waals surface area (Å²) in [5.74, 6) is -0.784. The highest BCUT2D eigenvalue weighted by Gasteiger charge is 2.32. The lowest BCUT2D eigenvalue weighted by Gasteiger charge is -2.19. The molecule has 0 aliphatic carbocycles. The van der Waals surface area contributed by atoms with Gasteiger partial charge in [-0.25, -0.2) is 0 Å². The zero-order valence-electron chi connectivity index (χ0n) is 16.9. The number of phenolic OH excluding ortho intramolecular Hbond substituents is 1. The van der Waals surface area contributed by atoms with Gasteiger partial charge in [0.2, 0.25) is 11.8 Å². The van der Waals surface area contributed by atoms with Gasteiger partial charge in [-0.05, 0) is 30.2 Å². The van der Waals surface area contributed by atoms with Crippen molar-refractivity contribution in [3.63, 3.8) is 0 Å². The molecule has 3 amide bonds. The van der Waals surface area contributed by atoms with Crippen LogP contribution in [0.2, 0.25) is 0 Å². The van der Waals surface area contributed by atoms with Crippen LogP contribution in [-0.4, -0.2) is 39.2 Å². The molecule has 1 saturated heterocycles. The van der Waals surface area contributed by atoms with Crippen LogP contribution in [0.3, 0.4) is 0 Å². The molecule has 2 heterocycles. The SMILES string of the molecule is Cn1nc(C2CCC(=O)NC2=O)c2cccc(OCC(=O)NCc3ccc(O)cc3)c21. The number of nitrogens with one attached hydrogen (secondary N) is 2. The first-order valence-corrected chi connectivity index (χ1v) is 9.89. The number of phenols is 1. The van der Waals surface area contributed by atoms with Crippen molar-refractivity contribution >= 4 is 28.6 Å². The van der Waals surface area contributed by atoms with Crippen molar-refractivity contribution in [2.75, 3.05) is 6.61 Å². The fourth-order valence-corrected chi connectivity index (χ4v) is 3.67. The van der Waals surface area contributed by atoms with Gasteiger partial charge in [-0.2, -0.15) is 5.10 Å². The molecule has 0 saturated carbocycles. The highest BCUT2D eigenvalue weighted by molar-refractivity contribution is 6.03. The van der Waals surface area contributed by atoms with E-state index in [2.05, 4.69) is 15.7 Å². The van der Waals surface area contributed by atoms with Crippen LogP contribution in [0.15, 0.2) is 42.5 Å². The number of hydrogen-bond acceptors (Lipinski definition) is 6. The third-order valence-corrected chi connectivity index (χ3v) is 5.21. The van der Waals surface area contributed by atoms with Gasteiger partial charge in [-0.1, -0.05) is 24.3 Å². The van der Waals surface area contributed by atoms with Gasteiger partial charge in [-0.15, -0.1) is 0 Å². The molecule has 1 atom stereocenters. The summed E-state index contributed by atoms with van der Waals surface area (Å²) in [5.41, 5.74) is 2.12. The Bertz CT molecular complexity index is 1150. The molecule has 1 aliphatic heterocycles. The lowest BCUT2D eigenvalue weighted by atomic mass is 9.93. The minimum atomic E-state index is -0.509. The first-order chi connectivity index (χ1) is 14.9. The lowest BCUT2D eigenvalue weighted by Crippen LogP contribution is -2.39. The van der Waals surface area contributed by atoms with Gasteiger partial charge < -0.3 is 15.2 Å². The molecule has 2 aromatic carbocycles. The van der Waals surface area contributed by atoms with Gasteiger partial charge in [0.1, 0.15) is 17.0 Å². The van der Waals surface area contributed by atoms with E-state index in [1.807, 2.05) is 6.07 Å². The number of carbonyl (C=O) groups is 3. The Balaban J connectivity index is 1.46.